The Morgan fingerprint density at radius 1 is 1.14 bits per heavy atom. The highest BCUT2D eigenvalue weighted by molar-refractivity contribution is 7.15. The van der Waals surface area contributed by atoms with Crippen LogP contribution >= 0.6 is 11.3 Å². The van der Waals surface area contributed by atoms with E-state index in [4.69, 9.17) is 9.73 Å². The minimum atomic E-state index is -0.254. The first-order chi connectivity index (χ1) is 24.9. The number of ether oxygens (including phenoxy) is 1. The van der Waals surface area contributed by atoms with Crippen LogP contribution in [0.4, 0.5) is 15.9 Å². The number of aliphatic imine (C=N–C) groups is 1. The number of carbonyl (C=O) groups excluding carboxylic acids is 2. The van der Waals surface area contributed by atoms with Crippen LogP contribution in [0.5, 0.6) is 0 Å². The highest BCUT2D eigenvalue weighted by Gasteiger charge is 2.43. The Balaban J connectivity index is 0.967. The third-order valence-electron chi connectivity index (χ3n) is 10.7. The van der Waals surface area contributed by atoms with Gasteiger partial charge in [-0.1, -0.05) is 31.2 Å². The molecule has 3 aliphatic heterocycles. The molecule has 1 unspecified atom stereocenters. The number of nitrogens with one attached hydrogen (secondary N) is 2. The average molecular weight is 705 g/mol. The van der Waals surface area contributed by atoms with Crippen LogP contribution in [0.15, 0.2) is 89.4 Å². The molecular weight excluding hydrogens is 664 g/mol. The van der Waals surface area contributed by atoms with Gasteiger partial charge in [0.2, 0.25) is 0 Å². The lowest BCUT2D eigenvalue weighted by atomic mass is 9.74. The molecular formula is C40H41FN6O3S. The van der Waals surface area contributed by atoms with Gasteiger partial charge in [0.15, 0.2) is 0 Å². The Labute approximate surface area is 301 Å². The van der Waals surface area contributed by atoms with Gasteiger partial charge in [0, 0.05) is 83.6 Å². The molecule has 262 valence electrons. The molecule has 1 aromatic carbocycles. The molecule has 9 nitrogen and oxygen atoms in total. The summed E-state index contributed by atoms with van der Waals surface area (Å²) in [5.41, 5.74) is 5.11. The van der Waals surface area contributed by atoms with Gasteiger partial charge >= 0.3 is 0 Å². The van der Waals surface area contributed by atoms with Gasteiger partial charge in [-0.3, -0.25) is 14.6 Å². The number of halogens is 1. The van der Waals surface area contributed by atoms with Gasteiger partial charge in [0.25, 0.3) is 11.8 Å². The normalized spacial score (nSPS) is 20.0. The Hall–Kier alpha value is -4.87. The van der Waals surface area contributed by atoms with E-state index in [1.807, 2.05) is 12.2 Å². The first kappa shape index (κ1) is 33.3. The number of hydrogen-bond donors (Lipinski definition) is 2. The minimum Gasteiger partial charge on any atom is -0.385 e. The van der Waals surface area contributed by atoms with Crippen molar-refractivity contribution in [1.29, 1.82) is 0 Å². The van der Waals surface area contributed by atoms with Crippen molar-refractivity contribution in [2.75, 3.05) is 43.6 Å². The second-order valence-electron chi connectivity index (χ2n) is 13.8. The molecule has 2 amide bonds. The number of nitrogens with zero attached hydrogens (tertiary/aromatic N) is 4. The summed E-state index contributed by atoms with van der Waals surface area (Å²) in [5.74, 6) is 0.593. The van der Waals surface area contributed by atoms with Crippen molar-refractivity contribution < 1.29 is 18.7 Å². The van der Waals surface area contributed by atoms with Crippen molar-refractivity contribution in [2.45, 2.75) is 51.5 Å². The Morgan fingerprint density at radius 2 is 1.96 bits per heavy atom. The summed E-state index contributed by atoms with van der Waals surface area (Å²) in [6.45, 7) is 4.92. The summed E-state index contributed by atoms with van der Waals surface area (Å²) in [6, 6.07) is 10.6. The standard InChI is InChI=1S/C40H41FN6O3S/c1-3-40(19-22-50-2)23-46(24-40)37-29(10-8-20-42-37)38(48)43-26-16-14-25(15-17-26)39(49)47-21-18-28-33(41)35(36-44-30-11-5-6-12-31(30)45-36)51-34(28)27-9-4-7-13-32(27)47/h5-6,8-11,13-17,20,31H,3-4,7,12,18-19,21-24H2,1-2H3,(H,43,48)(H,44,45). The lowest BCUT2D eigenvalue weighted by molar-refractivity contribution is 0.0813. The maximum atomic E-state index is 16.2. The number of rotatable bonds is 9. The van der Waals surface area contributed by atoms with E-state index in [-0.39, 0.29) is 29.1 Å². The minimum absolute atomic E-state index is 0.00888. The molecule has 1 fully saturated rings. The monoisotopic (exact) mass is 704 g/mol. The van der Waals surface area contributed by atoms with Crippen molar-refractivity contribution in [3.8, 4) is 0 Å². The predicted molar refractivity (Wildman–Crippen MR) is 200 cm³/mol. The number of pyridine rings is 1. The van der Waals surface area contributed by atoms with E-state index in [1.54, 1.807) is 54.6 Å². The topological polar surface area (TPSA) is 99.2 Å². The molecule has 11 heteroatoms. The van der Waals surface area contributed by atoms with Gasteiger partial charge in [-0.05, 0) is 81.0 Å². The van der Waals surface area contributed by atoms with E-state index in [2.05, 4.69) is 45.7 Å². The van der Waals surface area contributed by atoms with Crippen LogP contribution in [0.25, 0.3) is 5.57 Å². The van der Waals surface area contributed by atoms with Gasteiger partial charge in [-0.15, -0.1) is 11.3 Å². The zero-order chi connectivity index (χ0) is 35.1. The molecule has 0 radical (unpaired) electrons. The molecule has 3 aromatic rings. The zero-order valence-corrected chi connectivity index (χ0v) is 29.7. The number of allylic oxidation sites excluding steroid dienone is 5. The smallest absolute Gasteiger partial charge is 0.259 e. The maximum Gasteiger partial charge on any atom is 0.259 e. The summed E-state index contributed by atoms with van der Waals surface area (Å²) in [6.07, 6.45) is 16.9. The van der Waals surface area contributed by atoms with Crippen molar-refractivity contribution in [3.05, 3.63) is 117 Å². The van der Waals surface area contributed by atoms with Gasteiger partial charge in [-0.25, -0.2) is 9.37 Å². The number of methoxy groups -OCH3 is 1. The molecule has 0 bridgehead atoms. The first-order valence-electron chi connectivity index (χ1n) is 17.7. The van der Waals surface area contributed by atoms with Crippen molar-refractivity contribution in [1.82, 2.24) is 15.2 Å². The maximum absolute atomic E-state index is 16.2. The number of carbonyl (C=O) groups is 2. The van der Waals surface area contributed by atoms with Crippen LogP contribution < -0.4 is 15.5 Å². The van der Waals surface area contributed by atoms with E-state index in [9.17, 15) is 9.59 Å². The fraction of sp³-hybridized carbons (Fsp3) is 0.350. The van der Waals surface area contributed by atoms with Crippen LogP contribution in [0.2, 0.25) is 0 Å². The van der Waals surface area contributed by atoms with E-state index in [1.165, 1.54) is 11.3 Å². The lowest BCUT2D eigenvalue weighted by Gasteiger charge is -2.51. The molecule has 2 aliphatic carbocycles. The predicted octanol–water partition coefficient (Wildman–Crippen LogP) is 7.11. The van der Waals surface area contributed by atoms with Crippen LogP contribution in [-0.4, -0.2) is 66.9 Å². The molecule has 5 heterocycles. The van der Waals surface area contributed by atoms with Crippen molar-refractivity contribution >= 4 is 46.1 Å². The fourth-order valence-corrected chi connectivity index (χ4v) is 8.92. The highest BCUT2D eigenvalue weighted by atomic mass is 32.1. The summed E-state index contributed by atoms with van der Waals surface area (Å²) >= 11 is 1.41. The second kappa shape index (κ2) is 13.7. The second-order valence-corrected chi connectivity index (χ2v) is 14.8. The van der Waals surface area contributed by atoms with Crippen LogP contribution in [0, 0.1) is 11.2 Å². The molecule has 2 N–H and O–H groups in total. The van der Waals surface area contributed by atoms with Crippen LogP contribution in [0.1, 0.15) is 75.1 Å². The number of amidine groups is 1. The SMILES string of the molecule is CCC1(CCOC)CN(c2ncccc2C(=O)Nc2ccc(C(=O)N3CCc4c(sc(C5=NC6CC=CC=C6N5)c4F)C4=CCCC=C43)cc2)C1. The Kier molecular flexibility index (Phi) is 8.93. The fourth-order valence-electron chi connectivity index (χ4n) is 7.69. The number of fused-ring (bicyclic) bond motifs is 4. The van der Waals surface area contributed by atoms with E-state index < -0.39 is 0 Å². The third-order valence-corrected chi connectivity index (χ3v) is 11.9. The molecule has 1 saturated heterocycles. The van der Waals surface area contributed by atoms with Crippen molar-refractivity contribution in [2.24, 2.45) is 10.4 Å². The number of benzene rings is 1. The summed E-state index contributed by atoms with van der Waals surface area (Å²) in [4.78, 5) is 42.3. The molecule has 2 aromatic heterocycles. The molecule has 0 spiro atoms. The Morgan fingerprint density at radius 3 is 2.75 bits per heavy atom. The third kappa shape index (κ3) is 6.12. The molecule has 0 saturated carbocycles. The van der Waals surface area contributed by atoms with E-state index in [0.29, 0.717) is 58.5 Å². The number of aromatic nitrogens is 1. The highest BCUT2D eigenvalue weighted by Crippen LogP contribution is 2.44. The quantitative estimate of drug-likeness (QED) is 0.247. The van der Waals surface area contributed by atoms with Gasteiger partial charge in [0.05, 0.1) is 11.6 Å². The van der Waals surface area contributed by atoms with Gasteiger partial charge < -0.3 is 25.2 Å². The van der Waals surface area contributed by atoms with E-state index in [0.717, 1.165) is 67.0 Å². The average Bonchev–Trinajstić information content (AvgIpc) is 3.67. The molecule has 5 aliphatic rings. The zero-order valence-electron chi connectivity index (χ0n) is 28.9. The van der Waals surface area contributed by atoms with Gasteiger partial charge in [-0.2, -0.15) is 0 Å². The number of anilines is 2. The van der Waals surface area contributed by atoms with Crippen LogP contribution in [0.3, 0.4) is 0 Å². The largest absolute Gasteiger partial charge is 0.385 e. The lowest BCUT2D eigenvalue weighted by Crippen LogP contribution is -2.57. The summed E-state index contributed by atoms with van der Waals surface area (Å²) in [5, 5.41) is 6.34. The number of hydrogen-bond acceptors (Lipinski definition) is 8. The van der Waals surface area contributed by atoms with Gasteiger partial charge in [0.1, 0.15) is 22.3 Å². The first-order valence-corrected chi connectivity index (χ1v) is 18.6. The van der Waals surface area contributed by atoms with E-state index >= 15 is 4.39 Å². The number of amides is 2. The summed E-state index contributed by atoms with van der Waals surface area (Å²) in [7, 11) is 1.72. The molecule has 8 rings (SSSR count). The van der Waals surface area contributed by atoms with Crippen molar-refractivity contribution in [3.63, 3.8) is 0 Å². The molecule has 51 heavy (non-hydrogen) atoms. The molecule has 1 atom stereocenters. The Bertz CT molecular complexity index is 2040. The van der Waals surface area contributed by atoms with Crippen LogP contribution in [-0.2, 0) is 11.2 Å². The number of thiophene rings is 1. The summed E-state index contributed by atoms with van der Waals surface area (Å²) < 4.78 is 21.5.